The van der Waals surface area contributed by atoms with Crippen LogP contribution in [0, 0.1) is 5.82 Å². The molecule has 0 saturated heterocycles. The summed E-state index contributed by atoms with van der Waals surface area (Å²) >= 11 is 0. The molecule has 0 unspecified atom stereocenters. The Morgan fingerprint density at radius 2 is 2.00 bits per heavy atom. The van der Waals surface area contributed by atoms with Crippen LogP contribution in [0.4, 0.5) is 9.18 Å². The zero-order valence-corrected chi connectivity index (χ0v) is 6.83. The number of hydrogen-bond acceptors (Lipinski definition) is 1. The van der Waals surface area contributed by atoms with E-state index in [1.54, 1.807) is 18.2 Å². The molecule has 4 heteroatoms. The third kappa shape index (κ3) is 3.37. The summed E-state index contributed by atoms with van der Waals surface area (Å²) < 4.78 is 12.4. The van der Waals surface area contributed by atoms with Crippen molar-refractivity contribution in [2.24, 2.45) is 5.73 Å². The summed E-state index contributed by atoms with van der Waals surface area (Å²) in [5.41, 5.74) is 5.61. The van der Waals surface area contributed by atoms with Crippen molar-refractivity contribution in [3.63, 3.8) is 0 Å². The number of urea groups is 1. The van der Waals surface area contributed by atoms with Crippen molar-refractivity contribution >= 4 is 12.1 Å². The molecule has 0 spiro atoms. The average Bonchev–Trinajstić information content (AvgIpc) is 2.08. The highest BCUT2D eigenvalue weighted by molar-refractivity contribution is 5.73. The lowest BCUT2D eigenvalue weighted by atomic mass is 10.2. The number of halogens is 1. The lowest BCUT2D eigenvalue weighted by Gasteiger charge is -1.93. The molecule has 0 bridgehead atoms. The van der Waals surface area contributed by atoms with E-state index in [9.17, 15) is 9.18 Å². The highest BCUT2D eigenvalue weighted by Gasteiger charge is 1.88. The molecular weight excluding hydrogens is 171 g/mol. The summed E-state index contributed by atoms with van der Waals surface area (Å²) in [5, 5.41) is 2.27. The minimum Gasteiger partial charge on any atom is -0.351 e. The van der Waals surface area contributed by atoms with Crippen LogP contribution in [0.15, 0.2) is 30.5 Å². The summed E-state index contributed by atoms with van der Waals surface area (Å²) in [5.74, 6) is -0.292. The molecule has 0 heterocycles. The zero-order chi connectivity index (χ0) is 9.68. The van der Waals surface area contributed by atoms with E-state index in [1.807, 2.05) is 0 Å². The fourth-order valence-electron chi connectivity index (χ4n) is 0.794. The maximum absolute atomic E-state index is 12.4. The first-order chi connectivity index (χ1) is 6.18. The predicted molar refractivity (Wildman–Crippen MR) is 48.2 cm³/mol. The molecule has 0 saturated carbocycles. The average molecular weight is 180 g/mol. The van der Waals surface area contributed by atoms with E-state index < -0.39 is 6.03 Å². The highest BCUT2D eigenvalue weighted by atomic mass is 19.1. The van der Waals surface area contributed by atoms with Crippen LogP contribution in [0.2, 0.25) is 0 Å². The fraction of sp³-hybridized carbons (Fsp3) is 0. The van der Waals surface area contributed by atoms with Gasteiger partial charge in [0.05, 0.1) is 0 Å². The molecule has 0 aliphatic carbocycles. The number of benzene rings is 1. The van der Waals surface area contributed by atoms with Gasteiger partial charge in [-0.1, -0.05) is 12.1 Å². The normalized spacial score (nSPS) is 10.2. The van der Waals surface area contributed by atoms with Crippen LogP contribution in [0.3, 0.4) is 0 Å². The first-order valence-electron chi connectivity index (χ1n) is 3.66. The Balaban J connectivity index is 2.59. The van der Waals surface area contributed by atoms with Crippen LogP contribution in [0.1, 0.15) is 5.56 Å². The largest absolute Gasteiger partial charge is 0.351 e. The van der Waals surface area contributed by atoms with E-state index in [0.717, 1.165) is 5.56 Å². The van der Waals surface area contributed by atoms with Gasteiger partial charge < -0.3 is 11.1 Å². The first-order valence-corrected chi connectivity index (χ1v) is 3.66. The van der Waals surface area contributed by atoms with Gasteiger partial charge in [-0.05, 0) is 23.8 Å². The molecule has 1 rings (SSSR count). The van der Waals surface area contributed by atoms with Crippen molar-refractivity contribution in [1.82, 2.24) is 5.32 Å². The Kier molecular flexibility index (Phi) is 3.03. The molecule has 0 radical (unpaired) electrons. The molecule has 0 atom stereocenters. The number of hydrogen-bond donors (Lipinski definition) is 2. The second-order valence-electron chi connectivity index (χ2n) is 2.39. The van der Waals surface area contributed by atoms with E-state index in [4.69, 9.17) is 5.73 Å². The van der Waals surface area contributed by atoms with E-state index in [0.29, 0.717) is 0 Å². The topological polar surface area (TPSA) is 55.1 Å². The van der Waals surface area contributed by atoms with Crippen molar-refractivity contribution in [1.29, 1.82) is 0 Å². The Morgan fingerprint density at radius 1 is 1.38 bits per heavy atom. The van der Waals surface area contributed by atoms with Gasteiger partial charge in [-0.15, -0.1) is 0 Å². The molecule has 1 aromatic carbocycles. The molecule has 0 aliphatic rings. The molecule has 13 heavy (non-hydrogen) atoms. The van der Waals surface area contributed by atoms with Crippen LogP contribution in [0.5, 0.6) is 0 Å². The Bertz CT molecular complexity index is 319. The smallest absolute Gasteiger partial charge is 0.316 e. The fourth-order valence-corrected chi connectivity index (χ4v) is 0.794. The van der Waals surface area contributed by atoms with E-state index in [-0.39, 0.29) is 5.82 Å². The van der Waals surface area contributed by atoms with Gasteiger partial charge in [0.15, 0.2) is 0 Å². The molecule has 1 aromatic rings. The molecule has 0 aliphatic heterocycles. The lowest BCUT2D eigenvalue weighted by Crippen LogP contribution is -2.23. The van der Waals surface area contributed by atoms with Crippen molar-refractivity contribution in [2.75, 3.05) is 0 Å². The van der Waals surface area contributed by atoms with Crippen LogP contribution in [-0.2, 0) is 0 Å². The van der Waals surface area contributed by atoms with E-state index in [1.165, 1.54) is 18.3 Å². The molecule has 3 N–H and O–H groups in total. The number of rotatable bonds is 2. The van der Waals surface area contributed by atoms with Gasteiger partial charge >= 0.3 is 6.03 Å². The lowest BCUT2D eigenvalue weighted by molar-refractivity contribution is 0.252. The third-order valence-corrected chi connectivity index (χ3v) is 1.37. The van der Waals surface area contributed by atoms with Crippen LogP contribution in [0.25, 0.3) is 6.08 Å². The second-order valence-corrected chi connectivity index (χ2v) is 2.39. The molecule has 0 aromatic heterocycles. The van der Waals surface area contributed by atoms with Gasteiger partial charge in [0.25, 0.3) is 0 Å². The summed E-state index contributed by atoms with van der Waals surface area (Å²) in [4.78, 5) is 10.2. The summed E-state index contributed by atoms with van der Waals surface area (Å²) in [6.45, 7) is 0. The minimum atomic E-state index is -0.627. The second kappa shape index (κ2) is 4.25. The Morgan fingerprint density at radius 3 is 2.54 bits per heavy atom. The van der Waals surface area contributed by atoms with Gasteiger partial charge in [-0.25, -0.2) is 9.18 Å². The SMILES string of the molecule is NC(=O)NC=Cc1ccc(F)cc1. The number of amides is 2. The number of primary amides is 1. The maximum atomic E-state index is 12.4. The number of nitrogens with one attached hydrogen (secondary N) is 1. The monoisotopic (exact) mass is 180 g/mol. The summed E-state index contributed by atoms with van der Waals surface area (Å²) in [7, 11) is 0. The number of carbonyl (C=O) groups is 1. The Hall–Kier alpha value is -1.84. The quantitative estimate of drug-likeness (QED) is 0.711. The molecular formula is C9H9FN2O. The molecule has 3 nitrogen and oxygen atoms in total. The van der Waals surface area contributed by atoms with Crippen molar-refractivity contribution in [2.45, 2.75) is 0 Å². The number of carbonyl (C=O) groups excluding carboxylic acids is 1. The van der Waals surface area contributed by atoms with Crippen molar-refractivity contribution < 1.29 is 9.18 Å². The van der Waals surface area contributed by atoms with Gasteiger partial charge in [0.2, 0.25) is 0 Å². The minimum absolute atomic E-state index is 0.292. The van der Waals surface area contributed by atoms with E-state index in [2.05, 4.69) is 5.32 Å². The van der Waals surface area contributed by atoms with Crippen molar-refractivity contribution in [3.8, 4) is 0 Å². The molecule has 0 fully saturated rings. The van der Waals surface area contributed by atoms with Gasteiger partial charge in [0.1, 0.15) is 5.82 Å². The van der Waals surface area contributed by atoms with Crippen molar-refractivity contribution in [3.05, 3.63) is 41.8 Å². The third-order valence-electron chi connectivity index (χ3n) is 1.37. The summed E-state index contributed by atoms with van der Waals surface area (Å²) in [6, 6.07) is 5.23. The zero-order valence-electron chi connectivity index (χ0n) is 6.83. The molecule has 68 valence electrons. The molecule has 2 amide bonds. The number of nitrogens with two attached hydrogens (primary N) is 1. The van der Waals surface area contributed by atoms with Gasteiger partial charge in [-0.3, -0.25) is 0 Å². The van der Waals surface area contributed by atoms with Gasteiger partial charge in [-0.2, -0.15) is 0 Å². The van der Waals surface area contributed by atoms with Gasteiger partial charge in [0, 0.05) is 6.20 Å². The van der Waals surface area contributed by atoms with E-state index >= 15 is 0 Å². The van der Waals surface area contributed by atoms with Crippen LogP contribution >= 0.6 is 0 Å². The highest BCUT2D eigenvalue weighted by Crippen LogP contribution is 2.03. The Labute approximate surface area is 75.1 Å². The maximum Gasteiger partial charge on any atom is 0.316 e. The predicted octanol–water partition coefficient (Wildman–Crippen LogP) is 1.46. The summed E-state index contributed by atoms with van der Waals surface area (Å²) in [6.07, 6.45) is 3.01. The van der Waals surface area contributed by atoms with Crippen LogP contribution < -0.4 is 11.1 Å². The standard InChI is InChI=1S/C9H9FN2O/c10-8-3-1-7(2-4-8)5-6-12-9(11)13/h1-6H,(H3,11,12,13). The van der Waals surface area contributed by atoms with Crippen LogP contribution in [-0.4, -0.2) is 6.03 Å². The first kappa shape index (κ1) is 9.25.